The zero-order valence-corrected chi connectivity index (χ0v) is 13.3. The molecule has 1 aliphatic rings. The summed E-state index contributed by atoms with van der Waals surface area (Å²) in [4.78, 5) is 25.9. The third-order valence-corrected chi connectivity index (χ3v) is 4.02. The maximum absolute atomic E-state index is 10.8. The van der Waals surface area contributed by atoms with Crippen LogP contribution in [0.5, 0.6) is 0 Å². The minimum absolute atomic E-state index is 0.712. The number of carbonyl (C=O) groups excluding carboxylic acids is 1. The predicted molar refractivity (Wildman–Crippen MR) is 90.4 cm³/mol. The number of piperazine rings is 1. The van der Waals surface area contributed by atoms with E-state index in [1.54, 1.807) is 11.1 Å². The summed E-state index contributed by atoms with van der Waals surface area (Å²) in [5.41, 5.74) is 1.23. The third kappa shape index (κ3) is 3.77. The number of anilines is 2. The van der Waals surface area contributed by atoms with E-state index in [4.69, 9.17) is 0 Å². The topological polar surface area (TPSA) is 52.6 Å². The van der Waals surface area contributed by atoms with Crippen molar-refractivity contribution in [1.29, 1.82) is 0 Å². The van der Waals surface area contributed by atoms with Crippen molar-refractivity contribution in [3.05, 3.63) is 48.2 Å². The molecule has 120 valence electrons. The maximum atomic E-state index is 10.8. The van der Waals surface area contributed by atoms with E-state index in [2.05, 4.69) is 27.0 Å². The maximum Gasteiger partial charge on any atom is 0.227 e. The van der Waals surface area contributed by atoms with Crippen LogP contribution < -0.4 is 9.80 Å². The number of aromatic nitrogens is 2. The Kier molecular flexibility index (Phi) is 4.71. The number of hydrogen-bond donors (Lipinski definition) is 0. The molecule has 0 bridgehead atoms. The van der Waals surface area contributed by atoms with Crippen molar-refractivity contribution in [2.24, 2.45) is 0 Å². The molecule has 6 nitrogen and oxygen atoms in total. The second-order valence-electron chi connectivity index (χ2n) is 5.68. The molecule has 1 aromatic carbocycles. The monoisotopic (exact) mass is 311 g/mol. The third-order valence-electron chi connectivity index (χ3n) is 4.02. The lowest BCUT2D eigenvalue weighted by Crippen LogP contribution is -2.46. The summed E-state index contributed by atoms with van der Waals surface area (Å²) >= 11 is 0. The van der Waals surface area contributed by atoms with Crippen molar-refractivity contribution in [1.82, 2.24) is 14.9 Å². The van der Waals surface area contributed by atoms with E-state index in [0.717, 1.165) is 45.0 Å². The van der Waals surface area contributed by atoms with E-state index in [-0.39, 0.29) is 0 Å². The summed E-state index contributed by atoms with van der Waals surface area (Å²) in [6.07, 6.45) is 2.71. The number of rotatable bonds is 5. The Morgan fingerprint density at radius 3 is 2.57 bits per heavy atom. The zero-order chi connectivity index (χ0) is 16.1. The predicted octanol–water partition coefficient (Wildman–Crippen LogP) is 1.39. The van der Waals surface area contributed by atoms with Gasteiger partial charge < -0.3 is 14.7 Å². The lowest BCUT2D eigenvalue weighted by molar-refractivity contribution is -0.118. The Hall–Kier alpha value is -2.63. The fourth-order valence-electron chi connectivity index (χ4n) is 2.68. The van der Waals surface area contributed by atoms with E-state index in [9.17, 15) is 4.79 Å². The summed E-state index contributed by atoms with van der Waals surface area (Å²) < 4.78 is 0. The molecule has 1 fully saturated rings. The highest BCUT2D eigenvalue weighted by Crippen LogP contribution is 2.17. The van der Waals surface area contributed by atoms with Gasteiger partial charge in [0, 0.05) is 46.0 Å². The van der Waals surface area contributed by atoms with Gasteiger partial charge in [0.15, 0.2) is 0 Å². The van der Waals surface area contributed by atoms with Crippen molar-refractivity contribution in [3.63, 3.8) is 0 Å². The first kappa shape index (κ1) is 15.3. The van der Waals surface area contributed by atoms with Crippen LogP contribution in [0.15, 0.2) is 42.6 Å². The van der Waals surface area contributed by atoms with Crippen LogP contribution >= 0.6 is 0 Å². The minimum atomic E-state index is 0.712. The SMILES string of the molecule is CN(Cc1ccccc1)c1nccc(N2CCN(C=O)CC2)n1. The quantitative estimate of drug-likeness (QED) is 0.781. The van der Waals surface area contributed by atoms with Crippen molar-refractivity contribution >= 4 is 18.2 Å². The van der Waals surface area contributed by atoms with Gasteiger partial charge in [-0.2, -0.15) is 4.98 Å². The van der Waals surface area contributed by atoms with Gasteiger partial charge in [0.2, 0.25) is 12.4 Å². The van der Waals surface area contributed by atoms with E-state index < -0.39 is 0 Å². The lowest BCUT2D eigenvalue weighted by Gasteiger charge is -2.33. The fraction of sp³-hybridized carbons (Fsp3) is 0.353. The molecule has 23 heavy (non-hydrogen) atoms. The Labute approximate surface area is 136 Å². The van der Waals surface area contributed by atoms with Crippen molar-refractivity contribution in [3.8, 4) is 0 Å². The molecule has 0 radical (unpaired) electrons. The normalized spacial score (nSPS) is 14.7. The molecule has 0 N–H and O–H groups in total. The average molecular weight is 311 g/mol. The van der Waals surface area contributed by atoms with Crippen LogP contribution in [-0.2, 0) is 11.3 Å². The Bertz CT molecular complexity index is 640. The molecule has 0 aliphatic carbocycles. The summed E-state index contributed by atoms with van der Waals surface area (Å²) in [6, 6.07) is 12.2. The van der Waals surface area contributed by atoms with Crippen LogP contribution in [0, 0.1) is 0 Å². The molecule has 1 amide bonds. The van der Waals surface area contributed by atoms with E-state index in [1.807, 2.05) is 36.2 Å². The second kappa shape index (κ2) is 7.09. The Morgan fingerprint density at radius 2 is 1.87 bits per heavy atom. The smallest absolute Gasteiger partial charge is 0.227 e. The van der Waals surface area contributed by atoms with Gasteiger partial charge in [-0.15, -0.1) is 0 Å². The number of carbonyl (C=O) groups is 1. The molecule has 1 aromatic heterocycles. The molecule has 0 spiro atoms. The van der Waals surface area contributed by atoms with Gasteiger partial charge in [-0.05, 0) is 11.6 Å². The van der Waals surface area contributed by atoms with Gasteiger partial charge in [0.05, 0.1) is 0 Å². The van der Waals surface area contributed by atoms with Gasteiger partial charge >= 0.3 is 0 Å². The first-order valence-corrected chi connectivity index (χ1v) is 7.78. The molecule has 1 saturated heterocycles. The standard InChI is InChI=1S/C17H21N5O/c1-20(13-15-5-3-2-4-6-15)17-18-8-7-16(19-17)22-11-9-21(14-23)10-12-22/h2-8,14H,9-13H2,1H3. The Balaban J connectivity index is 1.68. The van der Waals surface area contributed by atoms with Crippen LogP contribution in [0.1, 0.15) is 5.56 Å². The highest BCUT2D eigenvalue weighted by atomic mass is 16.1. The molecular weight excluding hydrogens is 290 g/mol. The van der Waals surface area contributed by atoms with E-state index >= 15 is 0 Å². The number of nitrogens with zero attached hydrogens (tertiary/aromatic N) is 5. The van der Waals surface area contributed by atoms with Crippen molar-refractivity contribution in [2.75, 3.05) is 43.0 Å². The van der Waals surface area contributed by atoms with Crippen LogP contribution in [0.4, 0.5) is 11.8 Å². The number of hydrogen-bond acceptors (Lipinski definition) is 5. The molecule has 0 atom stereocenters. The minimum Gasteiger partial charge on any atom is -0.353 e. The molecule has 0 unspecified atom stereocenters. The van der Waals surface area contributed by atoms with Gasteiger partial charge in [0.25, 0.3) is 0 Å². The second-order valence-corrected chi connectivity index (χ2v) is 5.68. The summed E-state index contributed by atoms with van der Waals surface area (Å²) in [5.74, 6) is 1.63. The summed E-state index contributed by atoms with van der Waals surface area (Å²) in [6.45, 7) is 3.85. The molecule has 0 saturated carbocycles. The van der Waals surface area contributed by atoms with Gasteiger partial charge in [0.1, 0.15) is 5.82 Å². The molecule has 3 rings (SSSR count). The van der Waals surface area contributed by atoms with Crippen LogP contribution in [-0.4, -0.2) is 54.5 Å². The average Bonchev–Trinajstić information content (AvgIpc) is 2.63. The number of benzene rings is 1. The van der Waals surface area contributed by atoms with Crippen LogP contribution in [0.2, 0.25) is 0 Å². The lowest BCUT2D eigenvalue weighted by atomic mass is 10.2. The van der Waals surface area contributed by atoms with Gasteiger partial charge in [-0.3, -0.25) is 4.79 Å². The molecule has 6 heteroatoms. The van der Waals surface area contributed by atoms with Crippen LogP contribution in [0.3, 0.4) is 0 Å². The highest BCUT2D eigenvalue weighted by Gasteiger charge is 2.17. The first-order valence-electron chi connectivity index (χ1n) is 7.78. The summed E-state index contributed by atoms with van der Waals surface area (Å²) in [5, 5.41) is 0. The van der Waals surface area contributed by atoms with E-state index in [0.29, 0.717) is 5.95 Å². The highest BCUT2D eigenvalue weighted by molar-refractivity contribution is 5.49. The zero-order valence-electron chi connectivity index (χ0n) is 13.3. The largest absolute Gasteiger partial charge is 0.353 e. The van der Waals surface area contributed by atoms with Crippen molar-refractivity contribution < 1.29 is 4.79 Å². The summed E-state index contributed by atoms with van der Waals surface area (Å²) in [7, 11) is 2.00. The molecule has 1 aliphatic heterocycles. The van der Waals surface area contributed by atoms with Gasteiger partial charge in [-0.1, -0.05) is 30.3 Å². The fourth-order valence-corrected chi connectivity index (χ4v) is 2.68. The van der Waals surface area contributed by atoms with E-state index in [1.165, 1.54) is 5.56 Å². The molecule has 2 aromatic rings. The van der Waals surface area contributed by atoms with Gasteiger partial charge in [-0.25, -0.2) is 4.98 Å². The molecule has 2 heterocycles. The van der Waals surface area contributed by atoms with Crippen LogP contribution in [0.25, 0.3) is 0 Å². The number of amides is 1. The first-order chi connectivity index (χ1) is 11.3. The van der Waals surface area contributed by atoms with Crippen molar-refractivity contribution in [2.45, 2.75) is 6.54 Å². The Morgan fingerprint density at radius 1 is 1.13 bits per heavy atom. The molecular formula is C17H21N5O.